The van der Waals surface area contributed by atoms with Crippen molar-refractivity contribution in [1.82, 2.24) is 14.9 Å². The Morgan fingerprint density at radius 1 is 1.13 bits per heavy atom. The van der Waals surface area contributed by atoms with Gasteiger partial charge in [0, 0.05) is 47.2 Å². The summed E-state index contributed by atoms with van der Waals surface area (Å²) in [5, 5.41) is 31.3. The van der Waals surface area contributed by atoms with Gasteiger partial charge in [-0.25, -0.2) is 19.2 Å². The number of likely N-dealkylation sites (N-methyl/N-ethyl adjacent to an activating group) is 1. The number of Topliss-reactive ketones (excluding diaryl/α,β-unsaturated/α-hetero) is 1. The highest BCUT2D eigenvalue weighted by Crippen LogP contribution is 2.43. The number of rotatable bonds is 9. The summed E-state index contributed by atoms with van der Waals surface area (Å²) in [5.74, 6) is -5.90. The van der Waals surface area contributed by atoms with Gasteiger partial charge in [-0.15, -0.1) is 11.3 Å². The molecule has 0 spiro atoms. The molecular formula is C45H67FN6O10S. The molecule has 3 fully saturated rings. The molecule has 3 aliphatic heterocycles. The zero-order valence-corrected chi connectivity index (χ0v) is 39.3. The number of alkyl halides is 1. The second-order valence-corrected chi connectivity index (χ2v) is 19.1. The van der Waals surface area contributed by atoms with Crippen LogP contribution in [0.1, 0.15) is 107 Å². The number of nitrogen functional groups attached to an aromatic ring is 1. The number of amides is 1. The lowest BCUT2D eigenvalue weighted by atomic mass is 9.68. The van der Waals surface area contributed by atoms with Gasteiger partial charge in [-0.2, -0.15) is 0 Å². The quantitative estimate of drug-likeness (QED) is 0.156. The Kier molecular flexibility index (Phi) is 16.4. The molecule has 3 aliphatic rings. The number of carbonyl (C=O) groups excluding carboxylic acids is 3. The first-order chi connectivity index (χ1) is 29.5. The minimum atomic E-state index is -3.19. The Morgan fingerprint density at radius 3 is 2.44 bits per heavy atom. The average molecular weight is 903 g/mol. The number of fused-ring (bicyclic) bond motifs is 5. The molecule has 0 radical (unpaired) electrons. The van der Waals surface area contributed by atoms with Crippen LogP contribution < -0.4 is 5.73 Å². The SMILES string of the molecule is CCC(=O)N=C1[C@H](C)C[C@@]2(C)OCC(=NOCc3ccc(-c4nc(N)cs4)cn3)CC[C@H]([C@H]1C)[C@](C)(O)[C@@H](CC)OC(=O)[C@@](C)(F)C(=O)[C@H](C)[C@H]2O[C@@H]1O[C@H](C)C[C@H](N(C)C)[C@H]1O. The van der Waals surface area contributed by atoms with Gasteiger partial charge in [-0.05, 0) is 97.9 Å². The molecule has 13 atom stereocenters. The number of aliphatic hydroxyl groups excluding tert-OH is 1. The van der Waals surface area contributed by atoms with Crippen LogP contribution in [0, 0.1) is 23.7 Å². The summed E-state index contributed by atoms with van der Waals surface area (Å²) in [6, 6.07) is 3.26. The van der Waals surface area contributed by atoms with E-state index in [1.807, 2.05) is 45.8 Å². The Hall–Kier alpha value is -3.78. The number of carbonyl (C=O) groups is 3. The number of anilines is 1. The molecule has 18 heteroatoms. The summed E-state index contributed by atoms with van der Waals surface area (Å²) in [6.45, 7) is 14.3. The molecule has 2 aromatic heterocycles. The van der Waals surface area contributed by atoms with Crippen LogP contribution in [0.3, 0.4) is 0 Å². The van der Waals surface area contributed by atoms with Crippen LogP contribution in [-0.2, 0) is 44.8 Å². The molecule has 5 heterocycles. The van der Waals surface area contributed by atoms with Crippen molar-refractivity contribution in [3.63, 3.8) is 0 Å². The lowest BCUT2D eigenvalue weighted by molar-refractivity contribution is -0.296. The number of pyridine rings is 1. The molecule has 3 saturated heterocycles. The molecule has 0 saturated carbocycles. The average Bonchev–Trinajstić information content (AvgIpc) is 3.67. The minimum absolute atomic E-state index is 0.00603. The molecule has 5 rings (SSSR count). The van der Waals surface area contributed by atoms with Crippen LogP contribution in [0.5, 0.6) is 0 Å². The van der Waals surface area contributed by atoms with Crippen LogP contribution in [0.15, 0.2) is 33.9 Å². The van der Waals surface area contributed by atoms with Crippen LogP contribution >= 0.6 is 11.3 Å². The van der Waals surface area contributed by atoms with E-state index in [1.165, 1.54) is 25.2 Å². The number of thiazole rings is 1. The number of hydrogen-bond donors (Lipinski definition) is 3. The van der Waals surface area contributed by atoms with Crippen LogP contribution in [0.2, 0.25) is 0 Å². The molecule has 2 bridgehead atoms. The molecule has 16 nitrogen and oxygen atoms in total. The lowest BCUT2D eigenvalue weighted by Crippen LogP contribution is -2.61. The van der Waals surface area contributed by atoms with Gasteiger partial charge < -0.3 is 44.6 Å². The highest BCUT2D eigenvalue weighted by molar-refractivity contribution is 7.13. The van der Waals surface area contributed by atoms with E-state index in [4.69, 9.17) is 29.5 Å². The van der Waals surface area contributed by atoms with Gasteiger partial charge in [0.15, 0.2) is 18.7 Å². The number of aromatic nitrogens is 2. The van der Waals surface area contributed by atoms with Crippen LogP contribution in [-0.4, -0.2) is 128 Å². The van der Waals surface area contributed by atoms with E-state index < -0.39 is 82.9 Å². The summed E-state index contributed by atoms with van der Waals surface area (Å²) in [7, 11) is 3.66. The zero-order valence-electron chi connectivity index (χ0n) is 38.5. The van der Waals surface area contributed by atoms with Crippen LogP contribution in [0.4, 0.5) is 10.2 Å². The van der Waals surface area contributed by atoms with Crippen molar-refractivity contribution in [3.05, 3.63) is 29.4 Å². The van der Waals surface area contributed by atoms with Crippen molar-refractivity contribution in [3.8, 4) is 10.6 Å². The Balaban J connectivity index is 1.66. The highest BCUT2D eigenvalue weighted by Gasteiger charge is 2.56. The molecule has 350 valence electrons. The van der Waals surface area contributed by atoms with Crippen molar-refractivity contribution in [1.29, 1.82) is 0 Å². The number of nitrogens with zero attached hydrogens (tertiary/aromatic N) is 5. The van der Waals surface area contributed by atoms with Gasteiger partial charge in [0.1, 0.15) is 28.6 Å². The highest BCUT2D eigenvalue weighted by atomic mass is 32.1. The Bertz CT molecular complexity index is 1980. The molecule has 0 aromatic carbocycles. The first kappa shape index (κ1) is 50.2. The third-order valence-corrected chi connectivity index (χ3v) is 14.0. The zero-order chi connectivity index (χ0) is 46.6. The topological polar surface area (TPSA) is 218 Å². The maximum Gasteiger partial charge on any atom is 0.351 e. The maximum absolute atomic E-state index is 17.0. The first-order valence-electron chi connectivity index (χ1n) is 21.9. The standard InChI is InChI=1S/C45H67FN6O10S/c1-12-33-45(9,57)31-17-16-30(51-59-22-29-15-14-28(20-48-29)40-49-34(47)23-63-40)21-58-43(7,19-24(3)36(26(31)5)50-35(53)13-2)39(27(6)38(55)44(8,46)42(56)61-33)62-41-37(54)32(52(10)11)18-25(4)60-41/h14-15,20,23-27,31-33,37,39,41,54,57H,12-13,16-19,21-22,47H2,1-11H3/t24-,25-,26-,27+,31-,32+,33-,37-,39-,41+,43-,44+,45+/m1/s1. The fraction of sp³-hybridized carbons (Fsp3) is 0.711. The van der Waals surface area contributed by atoms with Crippen molar-refractivity contribution < 1.29 is 52.8 Å². The molecule has 0 unspecified atom stereocenters. The van der Waals surface area contributed by atoms with Gasteiger partial charge in [0.05, 0.1) is 35.8 Å². The van der Waals surface area contributed by atoms with Gasteiger partial charge in [-0.3, -0.25) is 14.6 Å². The molecule has 63 heavy (non-hydrogen) atoms. The maximum atomic E-state index is 17.0. The fourth-order valence-corrected chi connectivity index (χ4v) is 10.1. The summed E-state index contributed by atoms with van der Waals surface area (Å²) < 4.78 is 42.6. The predicted octanol–water partition coefficient (Wildman–Crippen LogP) is 5.72. The minimum Gasteiger partial charge on any atom is -0.457 e. The smallest absolute Gasteiger partial charge is 0.351 e. The Labute approximate surface area is 374 Å². The number of cyclic esters (lactones) is 1. The van der Waals surface area contributed by atoms with E-state index in [0.29, 0.717) is 29.4 Å². The van der Waals surface area contributed by atoms with E-state index in [2.05, 4.69) is 20.1 Å². The number of esters is 1. The Morgan fingerprint density at radius 2 is 1.84 bits per heavy atom. The normalized spacial score (nSPS) is 37.6. The third kappa shape index (κ3) is 11.4. The number of aliphatic hydroxyl groups is 2. The lowest BCUT2D eigenvalue weighted by Gasteiger charge is -2.48. The fourth-order valence-electron chi connectivity index (χ4n) is 9.42. The van der Waals surface area contributed by atoms with Gasteiger partial charge in [0.2, 0.25) is 5.91 Å². The van der Waals surface area contributed by atoms with E-state index in [9.17, 15) is 24.6 Å². The van der Waals surface area contributed by atoms with E-state index >= 15 is 4.39 Å². The number of aliphatic imine (C=N–C) groups is 1. The summed E-state index contributed by atoms with van der Waals surface area (Å²) in [4.78, 5) is 62.9. The largest absolute Gasteiger partial charge is 0.457 e. The van der Waals surface area contributed by atoms with Crippen molar-refractivity contribution in [2.75, 3.05) is 26.4 Å². The molecule has 4 N–H and O–H groups in total. The van der Waals surface area contributed by atoms with E-state index in [1.54, 1.807) is 38.4 Å². The summed E-state index contributed by atoms with van der Waals surface area (Å²) in [6.07, 6.45) is -2.71. The summed E-state index contributed by atoms with van der Waals surface area (Å²) in [5.41, 5.74) is 1.52. The van der Waals surface area contributed by atoms with Gasteiger partial charge in [-0.1, -0.05) is 39.8 Å². The van der Waals surface area contributed by atoms with E-state index in [0.717, 1.165) is 17.5 Å². The number of ketones is 1. The summed E-state index contributed by atoms with van der Waals surface area (Å²) >= 11 is 1.41. The number of ether oxygens (including phenoxy) is 4. The molecular weight excluding hydrogens is 836 g/mol. The number of oxime groups is 1. The molecule has 0 aliphatic carbocycles. The molecule has 2 aromatic rings. The van der Waals surface area contributed by atoms with Crippen molar-refractivity contribution >= 4 is 46.2 Å². The van der Waals surface area contributed by atoms with Crippen LogP contribution in [0.25, 0.3) is 10.6 Å². The predicted molar refractivity (Wildman–Crippen MR) is 237 cm³/mol. The second-order valence-electron chi connectivity index (χ2n) is 18.3. The van der Waals surface area contributed by atoms with E-state index in [-0.39, 0.29) is 57.3 Å². The number of halogens is 1. The second kappa shape index (κ2) is 20.6. The monoisotopic (exact) mass is 902 g/mol. The number of nitrogens with two attached hydrogens (primary N) is 1. The molecule has 1 amide bonds. The van der Waals surface area contributed by atoms with Gasteiger partial charge in [0.25, 0.3) is 5.67 Å². The van der Waals surface area contributed by atoms with Crippen molar-refractivity contribution in [2.45, 2.75) is 161 Å². The third-order valence-electron chi connectivity index (χ3n) is 13.1. The number of hydrogen-bond acceptors (Lipinski definition) is 16. The van der Waals surface area contributed by atoms with Gasteiger partial charge >= 0.3 is 5.97 Å². The first-order valence-corrected chi connectivity index (χ1v) is 22.8. The van der Waals surface area contributed by atoms with Crippen molar-refractivity contribution in [2.24, 2.45) is 33.8 Å².